The number of hydrogen-bond acceptors (Lipinski definition) is 8. The first-order valence-corrected chi connectivity index (χ1v) is 15.6. The topological polar surface area (TPSA) is 103 Å². The molecule has 3 atom stereocenters. The Balaban J connectivity index is 1.54. The summed E-state index contributed by atoms with van der Waals surface area (Å²) in [5.41, 5.74) is -0.128. The fourth-order valence-corrected chi connectivity index (χ4v) is 7.37. The van der Waals surface area contributed by atoms with Crippen LogP contribution < -0.4 is 20.7 Å². The number of nitriles is 1. The van der Waals surface area contributed by atoms with Crippen LogP contribution in [0.4, 0.5) is 37.8 Å². The summed E-state index contributed by atoms with van der Waals surface area (Å²) < 4.78 is 95.7. The van der Waals surface area contributed by atoms with Gasteiger partial charge >= 0.3 is 12.2 Å². The van der Waals surface area contributed by atoms with Gasteiger partial charge in [0.25, 0.3) is 0 Å². The molecule has 15 heteroatoms. The number of fused-ring (bicyclic) bond motifs is 3. The number of nitrogens with one attached hydrogen (secondary N) is 1. The second-order valence-corrected chi connectivity index (χ2v) is 13.0. The normalized spacial score (nSPS) is 24.3. The van der Waals surface area contributed by atoms with Crippen LogP contribution in [0.5, 0.6) is 6.01 Å². The van der Waals surface area contributed by atoms with Crippen molar-refractivity contribution in [2.45, 2.75) is 51.4 Å². The van der Waals surface area contributed by atoms with Crippen molar-refractivity contribution in [1.82, 2.24) is 20.2 Å². The molecule has 3 N–H and O–H groups in total. The quantitative estimate of drug-likeness (QED) is 0.222. The molecule has 3 fully saturated rings. The summed E-state index contributed by atoms with van der Waals surface area (Å²) in [6, 6.07) is 3.00. The lowest BCUT2D eigenvalue weighted by molar-refractivity contribution is -0.137. The van der Waals surface area contributed by atoms with Crippen LogP contribution in [-0.4, -0.2) is 66.3 Å². The van der Waals surface area contributed by atoms with Crippen LogP contribution in [0.3, 0.4) is 0 Å². The molecule has 0 radical (unpaired) electrons. The Morgan fingerprint density at radius 1 is 1.19 bits per heavy atom. The van der Waals surface area contributed by atoms with E-state index in [1.165, 1.54) is 0 Å². The molecule has 3 aromatic rings. The summed E-state index contributed by atoms with van der Waals surface area (Å²) in [6.45, 7) is 6.50. The number of anilines is 2. The predicted octanol–water partition coefficient (Wildman–Crippen LogP) is 6.61. The number of aromatic nitrogens is 2. The van der Waals surface area contributed by atoms with Gasteiger partial charge in [0.05, 0.1) is 33.7 Å². The van der Waals surface area contributed by atoms with Crippen molar-refractivity contribution in [2.75, 3.05) is 50.0 Å². The fraction of sp³-hybridized carbons (Fsp3) is 0.469. The van der Waals surface area contributed by atoms with Crippen molar-refractivity contribution in [3.8, 4) is 23.2 Å². The van der Waals surface area contributed by atoms with Crippen molar-refractivity contribution in [1.29, 1.82) is 5.26 Å². The smallest absolute Gasteiger partial charge is 0.418 e. The molecule has 0 aliphatic carbocycles. The number of piperazine rings is 1. The molecule has 0 unspecified atom stereocenters. The fourth-order valence-electron chi connectivity index (χ4n) is 7.05. The molecule has 4 heterocycles. The molecule has 8 nitrogen and oxygen atoms in total. The summed E-state index contributed by atoms with van der Waals surface area (Å²) in [5, 5.41) is 12.2. The molecule has 2 aromatic carbocycles. The van der Waals surface area contributed by atoms with Gasteiger partial charge in [0.15, 0.2) is 5.82 Å². The second kappa shape index (κ2) is 12.3. The molecule has 0 amide bonds. The number of nitrogens with two attached hydrogens (primary N) is 1. The lowest BCUT2D eigenvalue weighted by atomic mass is 9.78. The van der Waals surface area contributed by atoms with Crippen LogP contribution in [0.15, 0.2) is 24.0 Å². The number of nitrogen functional groups attached to an aromatic ring is 1. The maximum absolute atomic E-state index is 16.7. The van der Waals surface area contributed by atoms with E-state index in [-0.39, 0.29) is 35.9 Å². The van der Waals surface area contributed by atoms with Crippen LogP contribution in [0.25, 0.3) is 22.0 Å². The number of likely N-dealkylation sites (tertiary alicyclic amines) is 1. The van der Waals surface area contributed by atoms with Crippen LogP contribution in [0.1, 0.15) is 44.2 Å². The lowest BCUT2D eigenvalue weighted by Gasteiger charge is -2.41. The van der Waals surface area contributed by atoms with E-state index in [4.69, 9.17) is 22.1 Å². The Morgan fingerprint density at radius 3 is 2.51 bits per heavy atom. The van der Waals surface area contributed by atoms with Gasteiger partial charge in [-0.1, -0.05) is 25.4 Å². The van der Waals surface area contributed by atoms with Gasteiger partial charge in [-0.2, -0.15) is 28.4 Å². The third-order valence-electron chi connectivity index (χ3n) is 9.46. The number of piperidine rings is 1. The van der Waals surface area contributed by atoms with E-state index in [1.54, 1.807) is 6.07 Å². The van der Waals surface area contributed by atoms with Gasteiger partial charge < -0.3 is 25.6 Å². The minimum atomic E-state index is -5.20. The number of rotatable bonds is 6. The number of benzene rings is 2. The first-order chi connectivity index (χ1) is 22.3. The summed E-state index contributed by atoms with van der Waals surface area (Å²) in [7, 11) is 0. The number of halogens is 7. The van der Waals surface area contributed by atoms with Crippen LogP contribution in [0.2, 0.25) is 5.02 Å². The third-order valence-corrected chi connectivity index (χ3v) is 9.76. The van der Waals surface area contributed by atoms with E-state index < -0.39 is 61.7 Å². The Kier molecular flexibility index (Phi) is 8.69. The monoisotopic (exact) mass is 679 g/mol. The maximum Gasteiger partial charge on any atom is 0.418 e. The number of nitrogens with zero attached hydrogens (tertiary/aromatic N) is 5. The molecule has 0 saturated carbocycles. The minimum absolute atomic E-state index is 0.0890. The van der Waals surface area contributed by atoms with Crippen molar-refractivity contribution >= 4 is 34.0 Å². The van der Waals surface area contributed by atoms with Crippen molar-refractivity contribution in [3.63, 3.8) is 0 Å². The van der Waals surface area contributed by atoms with Crippen molar-refractivity contribution in [3.05, 3.63) is 51.8 Å². The van der Waals surface area contributed by atoms with E-state index in [0.717, 1.165) is 31.5 Å². The van der Waals surface area contributed by atoms with Gasteiger partial charge in [0, 0.05) is 54.6 Å². The third kappa shape index (κ3) is 5.93. The van der Waals surface area contributed by atoms with Gasteiger partial charge in [-0.15, -0.1) is 0 Å². The zero-order chi connectivity index (χ0) is 33.8. The summed E-state index contributed by atoms with van der Waals surface area (Å²) in [4.78, 5) is 12.8. The SMILES string of the molecule is CCN1CC/C(=C\F)[C@](C)(COc2nc(N3C[C@H]4CC[C@@H](C3)N4)c3cc(F)c(-c4c(C#N)c(N)cc(Cl)c4C(F)(F)F)c(F)c3n2)C1. The van der Waals surface area contributed by atoms with Gasteiger partial charge in [-0.05, 0) is 43.5 Å². The Morgan fingerprint density at radius 2 is 1.89 bits per heavy atom. The van der Waals surface area contributed by atoms with E-state index in [0.29, 0.717) is 44.5 Å². The highest BCUT2D eigenvalue weighted by Crippen LogP contribution is 2.48. The molecule has 0 spiro atoms. The maximum atomic E-state index is 16.7. The summed E-state index contributed by atoms with van der Waals surface area (Å²) in [5.74, 6) is -2.72. The standard InChI is InChI=1S/C32H32ClF6N7O/c1-3-45-7-6-16(10-34)31(2,14-45)15-47-30-43-28-19(29(44-30)46-12-17-4-5-18(13-46)42-17)8-22(35)25(27(28)36)24-20(11-40)23(41)9-21(33)26(24)32(37,38)39/h8-10,17-18,42H,3-7,12-15,41H2,1-2H3/b16-10+/t17-,18+,31-/m0/s1. The van der Waals surface area contributed by atoms with Crippen molar-refractivity contribution in [2.24, 2.45) is 5.41 Å². The number of hydrogen-bond donors (Lipinski definition) is 2. The Hall–Kier alpha value is -3.80. The largest absolute Gasteiger partial charge is 0.462 e. The minimum Gasteiger partial charge on any atom is -0.462 e. The lowest BCUT2D eigenvalue weighted by Crippen LogP contribution is -2.51. The Labute approximate surface area is 272 Å². The molecule has 2 bridgehead atoms. The summed E-state index contributed by atoms with van der Waals surface area (Å²) >= 11 is 5.93. The highest BCUT2D eigenvalue weighted by atomic mass is 35.5. The van der Waals surface area contributed by atoms with E-state index in [9.17, 15) is 22.8 Å². The van der Waals surface area contributed by atoms with Gasteiger partial charge in [0.1, 0.15) is 29.8 Å². The highest BCUT2D eigenvalue weighted by Gasteiger charge is 2.41. The molecule has 3 aliphatic heterocycles. The molecule has 47 heavy (non-hydrogen) atoms. The second-order valence-electron chi connectivity index (χ2n) is 12.6. The van der Waals surface area contributed by atoms with Crippen LogP contribution >= 0.6 is 11.6 Å². The highest BCUT2D eigenvalue weighted by molar-refractivity contribution is 6.32. The molecule has 250 valence electrons. The van der Waals surface area contributed by atoms with E-state index in [2.05, 4.69) is 20.2 Å². The average Bonchev–Trinajstić information content (AvgIpc) is 3.36. The average molecular weight is 680 g/mol. The van der Waals surface area contributed by atoms with E-state index >= 15 is 8.78 Å². The first-order valence-electron chi connectivity index (χ1n) is 15.2. The van der Waals surface area contributed by atoms with E-state index in [1.807, 2.05) is 18.7 Å². The van der Waals surface area contributed by atoms with Gasteiger partial charge in [0.2, 0.25) is 0 Å². The molecule has 6 rings (SSSR count). The van der Waals surface area contributed by atoms with Gasteiger partial charge in [-0.25, -0.2) is 13.2 Å². The van der Waals surface area contributed by atoms with Crippen molar-refractivity contribution < 1.29 is 31.1 Å². The van der Waals surface area contributed by atoms with Crippen LogP contribution in [-0.2, 0) is 6.18 Å². The zero-order valence-electron chi connectivity index (χ0n) is 25.6. The molecule has 3 saturated heterocycles. The predicted molar refractivity (Wildman–Crippen MR) is 166 cm³/mol. The first kappa shape index (κ1) is 33.1. The number of ether oxygens (including phenoxy) is 1. The number of alkyl halides is 3. The molecular formula is C32H32ClF6N7O. The molecule has 1 aromatic heterocycles. The Bertz CT molecular complexity index is 1800. The molecule has 3 aliphatic rings. The zero-order valence-corrected chi connectivity index (χ0v) is 26.4. The summed E-state index contributed by atoms with van der Waals surface area (Å²) in [6.07, 6.45) is -2.39. The van der Waals surface area contributed by atoms with Crippen LogP contribution in [0, 0.1) is 28.4 Å². The van der Waals surface area contributed by atoms with Gasteiger partial charge in [-0.3, -0.25) is 0 Å². The molecular weight excluding hydrogens is 648 g/mol.